The standard InChI is InChI=1S/C26H42N4O4/c1-2-3-4-5-6-7-8-9-10-11-12-13-17-20-24(31)26(27,22-34-30-29-28)25(32)33-21-23-18-15-14-16-19-23/h14-20,24,31H,2-13,21-22,27H2,1H3. The average Bonchev–Trinajstić information content (AvgIpc) is 2.85. The fourth-order valence-corrected chi connectivity index (χ4v) is 3.61. The highest BCUT2D eigenvalue weighted by Gasteiger charge is 2.43. The molecule has 0 fully saturated rings. The van der Waals surface area contributed by atoms with Crippen LogP contribution in [0.25, 0.3) is 10.4 Å². The number of esters is 1. The monoisotopic (exact) mass is 474 g/mol. The Morgan fingerprint density at radius 1 is 1.09 bits per heavy atom. The van der Waals surface area contributed by atoms with Crippen LogP contribution < -0.4 is 5.73 Å². The molecule has 0 aromatic heterocycles. The lowest BCUT2D eigenvalue weighted by Crippen LogP contribution is -2.60. The number of hydrogen-bond donors (Lipinski definition) is 2. The van der Waals surface area contributed by atoms with Gasteiger partial charge in [0, 0.05) is 4.91 Å². The largest absolute Gasteiger partial charge is 0.459 e. The molecule has 1 aromatic rings. The summed E-state index contributed by atoms with van der Waals surface area (Å²) in [5, 5.41) is 13.6. The SMILES string of the molecule is CCCCCCCCCCCCCC=CC(O)C(N)(CON=[N+]=[N-])C(=O)OCc1ccccc1. The summed E-state index contributed by atoms with van der Waals surface area (Å²) in [5.41, 5.74) is 13.5. The van der Waals surface area contributed by atoms with Crippen LogP contribution in [0.15, 0.2) is 47.8 Å². The van der Waals surface area contributed by atoms with Crippen LogP contribution in [-0.4, -0.2) is 29.3 Å². The normalized spacial score (nSPS) is 13.7. The van der Waals surface area contributed by atoms with Crippen molar-refractivity contribution in [3.63, 3.8) is 0 Å². The second-order valence-corrected chi connectivity index (χ2v) is 8.74. The van der Waals surface area contributed by atoms with Gasteiger partial charge in [0.2, 0.25) is 0 Å². The topological polar surface area (TPSA) is 131 Å². The fraction of sp³-hybridized carbons (Fsp3) is 0.654. The zero-order valence-electron chi connectivity index (χ0n) is 20.6. The smallest absolute Gasteiger partial charge is 0.333 e. The number of aliphatic hydroxyl groups is 1. The van der Waals surface area contributed by atoms with E-state index in [-0.39, 0.29) is 6.61 Å². The molecular weight excluding hydrogens is 432 g/mol. The maximum atomic E-state index is 12.7. The van der Waals surface area contributed by atoms with E-state index < -0.39 is 24.2 Å². The maximum Gasteiger partial charge on any atom is 0.333 e. The van der Waals surface area contributed by atoms with Gasteiger partial charge in [-0.3, -0.25) is 0 Å². The van der Waals surface area contributed by atoms with Crippen LogP contribution >= 0.6 is 0 Å². The molecule has 0 saturated carbocycles. The van der Waals surface area contributed by atoms with Gasteiger partial charge >= 0.3 is 5.97 Å². The van der Waals surface area contributed by atoms with Crippen LogP contribution in [0.2, 0.25) is 0 Å². The molecule has 0 amide bonds. The maximum absolute atomic E-state index is 12.7. The molecule has 1 rings (SSSR count). The third-order valence-electron chi connectivity index (χ3n) is 5.81. The number of unbranched alkanes of at least 4 members (excludes halogenated alkanes) is 11. The molecule has 1 aromatic carbocycles. The van der Waals surface area contributed by atoms with E-state index in [1.165, 1.54) is 63.9 Å². The predicted octanol–water partition coefficient (Wildman–Crippen LogP) is 6.29. The van der Waals surface area contributed by atoms with Crippen molar-refractivity contribution in [3.8, 4) is 0 Å². The van der Waals surface area contributed by atoms with Crippen molar-refractivity contribution in [2.75, 3.05) is 6.61 Å². The van der Waals surface area contributed by atoms with Gasteiger partial charge in [-0.15, -0.1) is 0 Å². The molecule has 8 nitrogen and oxygen atoms in total. The van der Waals surface area contributed by atoms with E-state index in [0.717, 1.165) is 24.8 Å². The minimum Gasteiger partial charge on any atom is -0.459 e. The van der Waals surface area contributed by atoms with E-state index in [0.29, 0.717) is 0 Å². The van der Waals surface area contributed by atoms with Crippen molar-refractivity contribution in [2.45, 2.75) is 102 Å². The van der Waals surface area contributed by atoms with Crippen molar-refractivity contribution in [1.82, 2.24) is 0 Å². The van der Waals surface area contributed by atoms with E-state index >= 15 is 0 Å². The third kappa shape index (κ3) is 12.6. The number of benzene rings is 1. The first-order chi connectivity index (χ1) is 16.5. The van der Waals surface area contributed by atoms with Crippen LogP contribution in [0.3, 0.4) is 0 Å². The van der Waals surface area contributed by atoms with E-state index in [9.17, 15) is 9.90 Å². The molecule has 190 valence electrons. The van der Waals surface area contributed by atoms with Crippen LogP contribution in [0.5, 0.6) is 0 Å². The first kappa shape index (κ1) is 29.5. The lowest BCUT2D eigenvalue weighted by Gasteiger charge is -2.29. The van der Waals surface area contributed by atoms with E-state index in [4.69, 9.17) is 20.8 Å². The van der Waals surface area contributed by atoms with Gasteiger partial charge in [-0.25, -0.2) is 4.79 Å². The molecular formula is C26H42N4O4. The molecule has 0 radical (unpaired) electrons. The molecule has 8 heteroatoms. The second-order valence-electron chi connectivity index (χ2n) is 8.74. The van der Waals surface area contributed by atoms with Gasteiger partial charge in [0.05, 0.1) is 0 Å². The van der Waals surface area contributed by atoms with Crippen LogP contribution in [0.1, 0.15) is 89.5 Å². The number of ether oxygens (including phenoxy) is 1. The molecule has 0 spiro atoms. The Hall–Kier alpha value is -2.54. The molecule has 3 N–H and O–H groups in total. The number of carbonyl (C=O) groups excluding carboxylic acids is 1. The number of aliphatic hydroxyl groups excluding tert-OH is 1. The van der Waals surface area contributed by atoms with Crippen molar-refractivity contribution in [1.29, 1.82) is 0 Å². The Labute approximate surface area is 204 Å². The Bertz CT molecular complexity index is 738. The number of azide groups is 1. The van der Waals surface area contributed by atoms with Gasteiger partial charge in [0.25, 0.3) is 0 Å². The minimum atomic E-state index is -1.89. The zero-order valence-corrected chi connectivity index (χ0v) is 20.6. The molecule has 34 heavy (non-hydrogen) atoms. The molecule has 0 saturated heterocycles. The first-order valence-electron chi connectivity index (χ1n) is 12.6. The quantitative estimate of drug-likeness (QED) is 0.0436. The molecule has 0 aliphatic carbocycles. The summed E-state index contributed by atoms with van der Waals surface area (Å²) in [5.74, 6) is -0.837. The molecule has 0 aliphatic heterocycles. The lowest BCUT2D eigenvalue weighted by molar-refractivity contribution is -0.158. The number of nitrogens with two attached hydrogens (primary N) is 1. The third-order valence-corrected chi connectivity index (χ3v) is 5.81. The van der Waals surface area contributed by atoms with Gasteiger partial charge in [-0.05, 0) is 23.9 Å². The number of nitrogens with zero attached hydrogens (tertiary/aromatic N) is 3. The molecule has 0 bridgehead atoms. The summed E-state index contributed by atoms with van der Waals surface area (Å²) < 4.78 is 5.29. The highest BCUT2D eigenvalue weighted by molar-refractivity contribution is 5.82. The average molecular weight is 475 g/mol. The van der Waals surface area contributed by atoms with Crippen molar-refractivity contribution < 1.29 is 19.5 Å². The van der Waals surface area contributed by atoms with E-state index in [2.05, 4.69) is 17.1 Å². The number of allylic oxidation sites excluding steroid dienone is 1. The minimum absolute atomic E-state index is 0.00924. The van der Waals surface area contributed by atoms with E-state index in [1.54, 1.807) is 0 Å². The van der Waals surface area contributed by atoms with Crippen LogP contribution in [0, 0.1) is 0 Å². The summed E-state index contributed by atoms with van der Waals surface area (Å²) in [7, 11) is 0. The Balaban J connectivity index is 2.37. The van der Waals surface area contributed by atoms with Gasteiger partial charge in [0.1, 0.15) is 24.6 Å². The summed E-state index contributed by atoms with van der Waals surface area (Å²) in [6.45, 7) is 1.74. The van der Waals surface area contributed by atoms with Gasteiger partial charge in [-0.1, -0.05) is 114 Å². The van der Waals surface area contributed by atoms with E-state index in [1.807, 2.05) is 36.4 Å². The van der Waals surface area contributed by atoms with Gasteiger partial charge in [0.15, 0.2) is 5.54 Å². The van der Waals surface area contributed by atoms with Crippen molar-refractivity contribution >= 4 is 5.97 Å². The van der Waals surface area contributed by atoms with Gasteiger partial charge in [-0.2, -0.15) is 0 Å². The Morgan fingerprint density at radius 3 is 2.26 bits per heavy atom. The molecule has 0 aliphatic rings. The number of hydrogen-bond acceptors (Lipinski definition) is 6. The van der Waals surface area contributed by atoms with Gasteiger partial charge < -0.3 is 20.4 Å². The molecule has 2 atom stereocenters. The second kappa shape index (κ2) is 18.8. The molecule has 2 unspecified atom stereocenters. The fourth-order valence-electron chi connectivity index (χ4n) is 3.61. The molecule has 0 heterocycles. The van der Waals surface area contributed by atoms with Crippen LogP contribution in [-0.2, 0) is 21.0 Å². The first-order valence-corrected chi connectivity index (χ1v) is 12.6. The lowest BCUT2D eigenvalue weighted by atomic mass is 9.93. The van der Waals surface area contributed by atoms with Crippen molar-refractivity contribution in [3.05, 3.63) is 58.5 Å². The highest BCUT2D eigenvalue weighted by Crippen LogP contribution is 2.16. The summed E-state index contributed by atoms with van der Waals surface area (Å²) >= 11 is 0. The Morgan fingerprint density at radius 2 is 1.68 bits per heavy atom. The summed E-state index contributed by atoms with van der Waals surface area (Å²) in [6, 6.07) is 9.14. The number of rotatable bonds is 20. The van der Waals surface area contributed by atoms with Crippen LogP contribution in [0.4, 0.5) is 0 Å². The Kier molecular flexibility index (Phi) is 16.3. The predicted molar refractivity (Wildman–Crippen MR) is 134 cm³/mol. The number of carbonyl (C=O) groups is 1. The summed E-state index contributed by atoms with van der Waals surface area (Å²) in [6.07, 6.45) is 16.7. The zero-order chi connectivity index (χ0) is 24.9. The van der Waals surface area contributed by atoms with Crippen molar-refractivity contribution in [2.24, 2.45) is 11.0 Å². The highest BCUT2D eigenvalue weighted by atomic mass is 16.6. The summed E-state index contributed by atoms with van der Waals surface area (Å²) in [4.78, 5) is 19.9.